The summed E-state index contributed by atoms with van der Waals surface area (Å²) in [6, 6.07) is 19.2. The van der Waals surface area contributed by atoms with Gasteiger partial charge in [0.05, 0.1) is 5.52 Å². The zero-order valence-electron chi connectivity index (χ0n) is 18.8. The number of carbonyl (C=O) groups excluding carboxylic acids is 1. The van der Waals surface area contributed by atoms with Crippen molar-refractivity contribution >= 4 is 28.6 Å². The van der Waals surface area contributed by atoms with Gasteiger partial charge in [-0.2, -0.15) is 4.98 Å². The van der Waals surface area contributed by atoms with Crippen LogP contribution in [0.15, 0.2) is 54.6 Å². The summed E-state index contributed by atoms with van der Waals surface area (Å²) in [6.45, 7) is 0. The van der Waals surface area contributed by atoms with Gasteiger partial charge in [0.2, 0.25) is 11.9 Å². The highest BCUT2D eigenvalue weighted by molar-refractivity contribution is 5.90. The maximum Gasteiger partial charge on any atom is 0.225 e. The number of hydrogen-bond donors (Lipinski definition) is 2. The van der Waals surface area contributed by atoms with Crippen LogP contribution in [0.1, 0.15) is 43.6 Å². The Bertz CT molecular complexity index is 1090. The average Bonchev–Trinajstić information content (AvgIpc) is 3.58. The van der Waals surface area contributed by atoms with Crippen molar-refractivity contribution in [2.24, 2.45) is 5.92 Å². The monoisotopic (exact) mass is 429 g/mol. The van der Waals surface area contributed by atoms with E-state index in [1.54, 1.807) is 0 Å². The molecule has 32 heavy (non-hydrogen) atoms. The molecular weight excluding hydrogens is 398 g/mol. The summed E-state index contributed by atoms with van der Waals surface area (Å²) in [5.41, 5.74) is 2.28. The molecule has 0 bridgehead atoms. The highest BCUT2D eigenvalue weighted by Crippen LogP contribution is 2.41. The van der Waals surface area contributed by atoms with Gasteiger partial charge in [0.1, 0.15) is 5.82 Å². The minimum absolute atomic E-state index is 0.111. The van der Waals surface area contributed by atoms with Crippen LogP contribution >= 0.6 is 0 Å². The Balaban J connectivity index is 1.16. The van der Waals surface area contributed by atoms with E-state index in [4.69, 9.17) is 9.97 Å². The first-order valence-corrected chi connectivity index (χ1v) is 11.6. The summed E-state index contributed by atoms with van der Waals surface area (Å²) < 4.78 is 0. The number of carbonyl (C=O) groups is 1. The summed E-state index contributed by atoms with van der Waals surface area (Å²) in [5.74, 6) is 2.41. The number of nitrogens with zero attached hydrogens (tertiary/aromatic N) is 3. The number of anilines is 2. The van der Waals surface area contributed by atoms with Crippen LogP contribution in [-0.4, -0.2) is 42.1 Å². The molecule has 5 rings (SSSR count). The molecule has 6 heteroatoms. The van der Waals surface area contributed by atoms with Gasteiger partial charge in [0.15, 0.2) is 0 Å². The van der Waals surface area contributed by atoms with Crippen LogP contribution in [0.25, 0.3) is 10.9 Å². The number of fused-ring (bicyclic) bond motifs is 1. The van der Waals surface area contributed by atoms with Crippen LogP contribution in [0.5, 0.6) is 0 Å². The standard InChI is InChI=1S/C26H31N5O/c1-31(2)24-20-10-6-7-11-22(20)29-26(30-24)27-19-14-12-18(13-15-19)25(32)28-23-16-21(23)17-8-4-3-5-9-17/h3-11,18-19,21,23H,12-16H2,1-2H3,(H,28,32)(H,27,29,30). The first-order valence-electron chi connectivity index (χ1n) is 11.6. The van der Waals surface area contributed by atoms with Crippen molar-refractivity contribution < 1.29 is 4.79 Å². The summed E-state index contributed by atoms with van der Waals surface area (Å²) in [6.07, 6.45) is 4.78. The summed E-state index contributed by atoms with van der Waals surface area (Å²) in [5, 5.41) is 7.87. The second-order valence-electron chi connectivity index (χ2n) is 9.34. The van der Waals surface area contributed by atoms with Gasteiger partial charge >= 0.3 is 0 Å². The normalized spacial score (nSPS) is 24.7. The second-order valence-corrected chi connectivity index (χ2v) is 9.34. The van der Waals surface area contributed by atoms with Crippen molar-refractivity contribution in [3.63, 3.8) is 0 Å². The predicted octanol–water partition coefficient (Wildman–Crippen LogP) is 4.34. The Morgan fingerprint density at radius 1 is 0.938 bits per heavy atom. The van der Waals surface area contributed by atoms with E-state index in [2.05, 4.69) is 41.0 Å². The summed E-state index contributed by atoms with van der Waals surface area (Å²) >= 11 is 0. The molecule has 166 valence electrons. The Morgan fingerprint density at radius 3 is 2.41 bits per heavy atom. The summed E-state index contributed by atoms with van der Waals surface area (Å²) in [7, 11) is 4.01. The molecular formula is C26H31N5O. The fourth-order valence-electron chi connectivity index (χ4n) is 4.87. The van der Waals surface area contributed by atoms with Crippen molar-refractivity contribution in [3.8, 4) is 0 Å². The molecule has 2 N–H and O–H groups in total. The molecule has 0 radical (unpaired) electrons. The third kappa shape index (κ3) is 4.40. The number of amides is 1. The maximum absolute atomic E-state index is 12.8. The van der Waals surface area contributed by atoms with E-state index in [0.717, 1.165) is 48.8 Å². The van der Waals surface area contributed by atoms with Crippen molar-refractivity contribution in [1.29, 1.82) is 0 Å². The van der Waals surface area contributed by atoms with Crippen LogP contribution in [0, 0.1) is 5.92 Å². The molecule has 2 aromatic carbocycles. The average molecular weight is 430 g/mol. The van der Waals surface area contributed by atoms with Gasteiger partial charge in [-0.1, -0.05) is 42.5 Å². The van der Waals surface area contributed by atoms with Crippen LogP contribution in [0.3, 0.4) is 0 Å². The molecule has 1 aromatic heterocycles. The van der Waals surface area contributed by atoms with Crippen molar-refractivity contribution in [3.05, 3.63) is 60.2 Å². The SMILES string of the molecule is CN(C)c1nc(NC2CCC(C(=O)NC3CC3c3ccccc3)CC2)nc2ccccc12. The lowest BCUT2D eigenvalue weighted by atomic mass is 9.85. The fourth-order valence-corrected chi connectivity index (χ4v) is 4.87. The van der Waals surface area contributed by atoms with E-state index >= 15 is 0 Å². The fraction of sp³-hybridized carbons (Fsp3) is 0.423. The smallest absolute Gasteiger partial charge is 0.225 e. The van der Waals surface area contributed by atoms with Gasteiger partial charge in [-0.05, 0) is 49.8 Å². The van der Waals surface area contributed by atoms with E-state index in [1.807, 2.05) is 43.3 Å². The Labute approximate surface area is 189 Å². The zero-order valence-corrected chi connectivity index (χ0v) is 18.8. The van der Waals surface area contributed by atoms with Crippen molar-refractivity contribution in [2.45, 2.75) is 50.1 Å². The number of benzene rings is 2. The van der Waals surface area contributed by atoms with Crippen molar-refractivity contribution in [2.75, 3.05) is 24.3 Å². The van der Waals surface area contributed by atoms with Gasteiger partial charge in [-0.25, -0.2) is 4.98 Å². The Morgan fingerprint density at radius 2 is 1.66 bits per heavy atom. The molecule has 1 heterocycles. The number of para-hydroxylation sites is 1. The van der Waals surface area contributed by atoms with Crippen LogP contribution < -0.4 is 15.5 Å². The van der Waals surface area contributed by atoms with Crippen LogP contribution in [0.2, 0.25) is 0 Å². The quantitative estimate of drug-likeness (QED) is 0.610. The maximum atomic E-state index is 12.8. The van der Waals surface area contributed by atoms with Gasteiger partial charge in [0.25, 0.3) is 0 Å². The lowest BCUT2D eigenvalue weighted by Gasteiger charge is -2.29. The highest BCUT2D eigenvalue weighted by atomic mass is 16.2. The van der Waals surface area contributed by atoms with Crippen LogP contribution in [-0.2, 0) is 4.79 Å². The first kappa shape index (κ1) is 20.7. The molecule has 2 aliphatic carbocycles. The zero-order chi connectivity index (χ0) is 22.1. The Kier molecular flexibility index (Phi) is 5.68. The lowest BCUT2D eigenvalue weighted by molar-refractivity contribution is -0.126. The molecule has 2 aliphatic rings. The third-order valence-corrected chi connectivity index (χ3v) is 6.78. The molecule has 2 unspecified atom stereocenters. The molecule has 1 amide bonds. The molecule has 0 spiro atoms. The predicted molar refractivity (Wildman–Crippen MR) is 129 cm³/mol. The number of aromatic nitrogens is 2. The van der Waals surface area contributed by atoms with Gasteiger partial charge in [-0.15, -0.1) is 0 Å². The molecule has 2 atom stereocenters. The van der Waals surface area contributed by atoms with Crippen LogP contribution in [0.4, 0.5) is 11.8 Å². The highest BCUT2D eigenvalue weighted by Gasteiger charge is 2.40. The van der Waals surface area contributed by atoms with E-state index in [1.165, 1.54) is 5.56 Å². The van der Waals surface area contributed by atoms with E-state index in [-0.39, 0.29) is 11.8 Å². The molecule has 2 fully saturated rings. The molecule has 3 aromatic rings. The number of rotatable bonds is 6. The molecule has 0 aliphatic heterocycles. The largest absolute Gasteiger partial charge is 0.362 e. The van der Waals surface area contributed by atoms with E-state index in [9.17, 15) is 4.79 Å². The molecule has 2 saturated carbocycles. The van der Waals surface area contributed by atoms with Gasteiger partial charge in [0, 0.05) is 43.4 Å². The second kappa shape index (κ2) is 8.77. The molecule has 0 saturated heterocycles. The number of hydrogen-bond acceptors (Lipinski definition) is 5. The van der Waals surface area contributed by atoms with E-state index < -0.39 is 0 Å². The third-order valence-electron chi connectivity index (χ3n) is 6.78. The lowest BCUT2D eigenvalue weighted by Crippen LogP contribution is -2.37. The van der Waals surface area contributed by atoms with Gasteiger partial charge < -0.3 is 15.5 Å². The number of nitrogens with one attached hydrogen (secondary N) is 2. The molecule has 6 nitrogen and oxygen atoms in total. The minimum atomic E-state index is 0.111. The van der Waals surface area contributed by atoms with Crippen molar-refractivity contribution in [1.82, 2.24) is 15.3 Å². The van der Waals surface area contributed by atoms with E-state index in [0.29, 0.717) is 23.9 Å². The first-order chi connectivity index (χ1) is 15.6. The minimum Gasteiger partial charge on any atom is -0.362 e. The summed E-state index contributed by atoms with van der Waals surface area (Å²) in [4.78, 5) is 24.3. The Hall–Kier alpha value is -3.15. The topological polar surface area (TPSA) is 70.2 Å². The van der Waals surface area contributed by atoms with Gasteiger partial charge in [-0.3, -0.25) is 4.79 Å².